The Bertz CT molecular complexity index is 198. The highest BCUT2D eigenvalue weighted by Gasteiger charge is 2.41. The molecular formula is C13H28N2O. The molecule has 1 rings (SSSR count). The highest BCUT2D eigenvalue weighted by molar-refractivity contribution is 4.98. The van der Waals surface area contributed by atoms with Gasteiger partial charge in [-0.2, -0.15) is 0 Å². The van der Waals surface area contributed by atoms with Gasteiger partial charge >= 0.3 is 0 Å². The number of nitrogens with two attached hydrogens (primary N) is 1. The Labute approximate surface area is 100 Å². The first-order chi connectivity index (χ1) is 7.72. The van der Waals surface area contributed by atoms with Crippen LogP contribution in [0.2, 0.25) is 0 Å². The summed E-state index contributed by atoms with van der Waals surface area (Å²) in [5.41, 5.74) is 6.31. The standard InChI is InChI=1S/C13H28N2O/c1-4-12-6-7-13(10-12,11-14)15(5-2)8-9-16-3/h12H,4-11,14H2,1-3H3. The minimum atomic E-state index is 0.258. The first-order valence-corrected chi connectivity index (χ1v) is 6.66. The highest BCUT2D eigenvalue weighted by Crippen LogP contribution is 2.39. The normalized spacial score (nSPS) is 30.2. The van der Waals surface area contributed by atoms with Crippen LogP contribution in [0.5, 0.6) is 0 Å². The molecule has 0 aliphatic heterocycles. The predicted octanol–water partition coefficient (Wildman–Crippen LogP) is 1.86. The quantitative estimate of drug-likeness (QED) is 0.723. The molecular weight excluding hydrogens is 200 g/mol. The maximum Gasteiger partial charge on any atom is 0.0589 e. The van der Waals surface area contributed by atoms with Crippen molar-refractivity contribution in [2.24, 2.45) is 11.7 Å². The fraction of sp³-hybridized carbons (Fsp3) is 1.00. The maximum atomic E-state index is 6.05. The zero-order chi connectivity index (χ0) is 12.0. The molecule has 0 radical (unpaired) electrons. The number of rotatable bonds is 7. The largest absolute Gasteiger partial charge is 0.383 e. The van der Waals surface area contributed by atoms with Crippen LogP contribution in [0, 0.1) is 5.92 Å². The van der Waals surface area contributed by atoms with E-state index in [0.717, 1.165) is 32.2 Å². The molecule has 2 unspecified atom stereocenters. The van der Waals surface area contributed by atoms with Gasteiger partial charge in [-0.1, -0.05) is 20.3 Å². The fourth-order valence-corrected chi connectivity index (χ4v) is 3.10. The zero-order valence-corrected chi connectivity index (χ0v) is 11.2. The van der Waals surface area contributed by atoms with Crippen molar-refractivity contribution in [3.63, 3.8) is 0 Å². The topological polar surface area (TPSA) is 38.5 Å². The van der Waals surface area contributed by atoms with Gasteiger partial charge in [0.15, 0.2) is 0 Å². The first kappa shape index (κ1) is 13.9. The molecule has 16 heavy (non-hydrogen) atoms. The van der Waals surface area contributed by atoms with Gasteiger partial charge in [0.1, 0.15) is 0 Å². The van der Waals surface area contributed by atoms with E-state index < -0.39 is 0 Å². The molecule has 2 atom stereocenters. The number of nitrogens with zero attached hydrogens (tertiary/aromatic N) is 1. The lowest BCUT2D eigenvalue weighted by Gasteiger charge is -2.40. The van der Waals surface area contributed by atoms with Gasteiger partial charge in [0, 0.05) is 25.7 Å². The summed E-state index contributed by atoms with van der Waals surface area (Å²) in [6.07, 6.45) is 5.18. The van der Waals surface area contributed by atoms with E-state index in [-0.39, 0.29) is 5.54 Å². The Hall–Kier alpha value is -0.120. The van der Waals surface area contributed by atoms with E-state index >= 15 is 0 Å². The third-order valence-corrected chi connectivity index (χ3v) is 4.26. The Kier molecular flexibility index (Phi) is 5.73. The Morgan fingerprint density at radius 2 is 2.19 bits per heavy atom. The maximum absolute atomic E-state index is 6.05. The van der Waals surface area contributed by atoms with Crippen molar-refractivity contribution in [3.8, 4) is 0 Å². The minimum Gasteiger partial charge on any atom is -0.383 e. The SMILES string of the molecule is CCC1CCC(CN)(N(CC)CCOC)C1. The zero-order valence-electron chi connectivity index (χ0n) is 11.2. The molecule has 1 fully saturated rings. The average Bonchev–Trinajstić information content (AvgIpc) is 2.75. The molecule has 3 heteroatoms. The lowest BCUT2D eigenvalue weighted by molar-refractivity contribution is 0.0652. The van der Waals surface area contributed by atoms with Crippen molar-refractivity contribution < 1.29 is 4.74 Å². The van der Waals surface area contributed by atoms with Gasteiger partial charge in [0.25, 0.3) is 0 Å². The fourth-order valence-electron chi connectivity index (χ4n) is 3.10. The second kappa shape index (κ2) is 6.58. The smallest absolute Gasteiger partial charge is 0.0589 e. The number of methoxy groups -OCH3 is 1. The van der Waals surface area contributed by atoms with Crippen LogP contribution < -0.4 is 5.73 Å². The van der Waals surface area contributed by atoms with E-state index in [1.165, 1.54) is 25.7 Å². The van der Waals surface area contributed by atoms with Crippen LogP contribution in [0.4, 0.5) is 0 Å². The van der Waals surface area contributed by atoms with Crippen molar-refractivity contribution in [2.45, 2.75) is 45.1 Å². The molecule has 0 bridgehead atoms. The molecule has 0 aromatic heterocycles. The monoisotopic (exact) mass is 228 g/mol. The molecule has 2 N–H and O–H groups in total. The van der Waals surface area contributed by atoms with E-state index in [0.29, 0.717) is 0 Å². The van der Waals surface area contributed by atoms with Gasteiger partial charge in [0.2, 0.25) is 0 Å². The van der Waals surface area contributed by atoms with Crippen LogP contribution in [-0.2, 0) is 4.74 Å². The van der Waals surface area contributed by atoms with Gasteiger partial charge in [-0.25, -0.2) is 0 Å². The molecule has 1 aliphatic rings. The van der Waals surface area contributed by atoms with Crippen LogP contribution in [-0.4, -0.2) is 43.8 Å². The van der Waals surface area contributed by atoms with E-state index in [1.54, 1.807) is 7.11 Å². The lowest BCUT2D eigenvalue weighted by atomic mass is 9.92. The van der Waals surface area contributed by atoms with Crippen molar-refractivity contribution in [1.29, 1.82) is 0 Å². The minimum absolute atomic E-state index is 0.258. The molecule has 1 aliphatic carbocycles. The summed E-state index contributed by atoms with van der Waals surface area (Å²) >= 11 is 0. The molecule has 0 amide bonds. The van der Waals surface area contributed by atoms with E-state index in [4.69, 9.17) is 10.5 Å². The van der Waals surface area contributed by atoms with Crippen molar-refractivity contribution in [2.75, 3.05) is 33.4 Å². The van der Waals surface area contributed by atoms with Gasteiger partial charge in [-0.3, -0.25) is 4.90 Å². The molecule has 1 saturated carbocycles. The molecule has 96 valence electrons. The van der Waals surface area contributed by atoms with Crippen LogP contribution in [0.3, 0.4) is 0 Å². The summed E-state index contributed by atoms with van der Waals surface area (Å²) in [4.78, 5) is 2.53. The van der Waals surface area contributed by atoms with Gasteiger partial charge in [-0.05, 0) is 31.7 Å². The molecule has 3 nitrogen and oxygen atoms in total. The first-order valence-electron chi connectivity index (χ1n) is 6.66. The third-order valence-electron chi connectivity index (χ3n) is 4.26. The van der Waals surface area contributed by atoms with Gasteiger partial charge in [0.05, 0.1) is 6.61 Å². The van der Waals surface area contributed by atoms with Crippen LogP contribution in [0.1, 0.15) is 39.5 Å². The van der Waals surface area contributed by atoms with Crippen LogP contribution in [0.25, 0.3) is 0 Å². The third kappa shape index (κ3) is 2.96. The van der Waals surface area contributed by atoms with Crippen LogP contribution in [0.15, 0.2) is 0 Å². The van der Waals surface area contributed by atoms with Crippen molar-refractivity contribution in [1.82, 2.24) is 4.90 Å². The molecule has 0 aromatic rings. The summed E-state index contributed by atoms with van der Waals surface area (Å²) in [6.45, 7) is 8.22. The number of ether oxygens (including phenoxy) is 1. The van der Waals surface area contributed by atoms with Crippen molar-refractivity contribution >= 4 is 0 Å². The highest BCUT2D eigenvalue weighted by atomic mass is 16.5. The van der Waals surface area contributed by atoms with E-state index in [9.17, 15) is 0 Å². The summed E-state index contributed by atoms with van der Waals surface area (Å²) in [6, 6.07) is 0. The molecule has 0 aromatic carbocycles. The Morgan fingerprint density at radius 1 is 1.44 bits per heavy atom. The van der Waals surface area contributed by atoms with Gasteiger partial charge < -0.3 is 10.5 Å². The number of hydrogen-bond acceptors (Lipinski definition) is 3. The number of likely N-dealkylation sites (N-methyl/N-ethyl adjacent to an activating group) is 1. The molecule has 0 heterocycles. The Balaban J connectivity index is 2.62. The molecule has 0 saturated heterocycles. The average molecular weight is 228 g/mol. The van der Waals surface area contributed by atoms with Crippen LogP contribution >= 0.6 is 0 Å². The summed E-state index contributed by atoms with van der Waals surface area (Å²) in [5.74, 6) is 0.875. The Morgan fingerprint density at radius 3 is 2.62 bits per heavy atom. The number of hydrogen-bond donors (Lipinski definition) is 1. The second-order valence-corrected chi connectivity index (χ2v) is 5.02. The lowest BCUT2D eigenvalue weighted by Crippen LogP contribution is -2.53. The predicted molar refractivity (Wildman–Crippen MR) is 68.5 cm³/mol. The van der Waals surface area contributed by atoms with Gasteiger partial charge in [-0.15, -0.1) is 0 Å². The summed E-state index contributed by atoms with van der Waals surface area (Å²) < 4.78 is 5.19. The van der Waals surface area contributed by atoms with E-state index in [1.807, 2.05) is 0 Å². The van der Waals surface area contributed by atoms with Crippen molar-refractivity contribution in [3.05, 3.63) is 0 Å². The van der Waals surface area contributed by atoms with E-state index in [2.05, 4.69) is 18.7 Å². The second-order valence-electron chi connectivity index (χ2n) is 5.02. The summed E-state index contributed by atoms with van der Waals surface area (Å²) in [5, 5.41) is 0. The molecule has 0 spiro atoms. The summed E-state index contributed by atoms with van der Waals surface area (Å²) in [7, 11) is 1.77.